The van der Waals surface area contributed by atoms with Gasteiger partial charge in [-0.05, 0) is 42.2 Å². The molecule has 0 heterocycles. The Labute approximate surface area is 132 Å². The Bertz CT molecular complexity index is 529. The molecule has 3 nitrogen and oxygen atoms in total. The number of hydrogen-bond acceptors (Lipinski definition) is 3. The van der Waals surface area contributed by atoms with Crippen molar-refractivity contribution in [3.05, 3.63) is 29.8 Å². The molecule has 1 aromatic carbocycles. The Kier molecular flexibility index (Phi) is 4.59. The highest BCUT2D eigenvalue weighted by molar-refractivity contribution is 7.80. The summed E-state index contributed by atoms with van der Waals surface area (Å²) in [5.41, 5.74) is 0.812. The molecule has 3 N–H and O–H groups in total. The lowest BCUT2D eigenvalue weighted by molar-refractivity contribution is -0.00680. The van der Waals surface area contributed by atoms with E-state index in [2.05, 4.69) is 26.1 Å². The summed E-state index contributed by atoms with van der Waals surface area (Å²) in [6.07, 6.45) is 2.44. The largest absolute Gasteiger partial charge is 0.507 e. The number of aliphatic hydroxyl groups is 1. The lowest BCUT2D eigenvalue weighted by atomic mass is 9.63. The van der Waals surface area contributed by atoms with E-state index in [9.17, 15) is 10.2 Å². The van der Waals surface area contributed by atoms with E-state index in [4.69, 9.17) is 12.2 Å². The zero-order valence-corrected chi connectivity index (χ0v) is 13.8. The summed E-state index contributed by atoms with van der Waals surface area (Å²) in [4.78, 5) is 0.562. The van der Waals surface area contributed by atoms with Gasteiger partial charge in [0.15, 0.2) is 0 Å². The molecule has 0 spiro atoms. The minimum absolute atomic E-state index is 0.00955. The van der Waals surface area contributed by atoms with Crippen LogP contribution in [0.4, 0.5) is 0 Å². The molecule has 1 aromatic rings. The van der Waals surface area contributed by atoms with Gasteiger partial charge >= 0.3 is 0 Å². The second-order valence-electron chi connectivity index (χ2n) is 7.41. The number of thiocarbonyl (C=S) groups is 1. The quantitative estimate of drug-likeness (QED) is 0.751. The van der Waals surface area contributed by atoms with Crippen molar-refractivity contribution < 1.29 is 10.2 Å². The normalized spacial score (nSPS) is 28.1. The molecular weight excluding hydrogens is 282 g/mol. The zero-order valence-electron chi connectivity index (χ0n) is 13.0. The summed E-state index contributed by atoms with van der Waals surface area (Å²) >= 11 is 5.38. The van der Waals surface area contributed by atoms with Crippen LogP contribution < -0.4 is 5.32 Å². The number of rotatable bonds is 3. The van der Waals surface area contributed by atoms with Gasteiger partial charge in [-0.2, -0.15) is 0 Å². The third-order valence-electron chi connectivity index (χ3n) is 4.25. The first-order valence-corrected chi connectivity index (χ1v) is 7.86. The summed E-state index contributed by atoms with van der Waals surface area (Å²) in [7, 11) is 0. The van der Waals surface area contributed by atoms with Crippen LogP contribution in [-0.4, -0.2) is 27.9 Å². The summed E-state index contributed by atoms with van der Waals surface area (Å²) in [6.45, 7) is 7.31. The Balaban J connectivity index is 2.02. The van der Waals surface area contributed by atoms with Gasteiger partial charge in [0.05, 0.1) is 11.7 Å². The van der Waals surface area contributed by atoms with E-state index in [1.54, 1.807) is 12.1 Å². The minimum atomic E-state index is -0.251. The van der Waals surface area contributed by atoms with E-state index in [0.717, 1.165) is 19.3 Å². The number of phenols is 1. The van der Waals surface area contributed by atoms with Crippen molar-refractivity contribution in [1.29, 1.82) is 0 Å². The van der Waals surface area contributed by atoms with E-state index in [1.807, 2.05) is 12.1 Å². The first-order valence-electron chi connectivity index (χ1n) is 7.45. The molecule has 0 aliphatic heterocycles. The third kappa shape index (κ3) is 4.17. The van der Waals surface area contributed by atoms with E-state index in [1.165, 1.54) is 0 Å². The van der Waals surface area contributed by atoms with Crippen LogP contribution in [0.5, 0.6) is 5.75 Å². The summed E-state index contributed by atoms with van der Waals surface area (Å²) in [5.74, 6) is 0.198. The lowest BCUT2D eigenvalue weighted by Crippen LogP contribution is -2.45. The van der Waals surface area contributed by atoms with Gasteiger partial charge in [-0.1, -0.05) is 45.1 Å². The van der Waals surface area contributed by atoms with Gasteiger partial charge in [-0.25, -0.2) is 0 Å². The maximum atomic E-state index is 10.1. The van der Waals surface area contributed by atoms with Crippen LogP contribution in [0, 0.1) is 10.8 Å². The van der Waals surface area contributed by atoms with Gasteiger partial charge < -0.3 is 15.5 Å². The smallest absolute Gasteiger partial charge is 0.125 e. The monoisotopic (exact) mass is 307 g/mol. The number of para-hydroxylation sites is 1. The van der Waals surface area contributed by atoms with Crippen molar-refractivity contribution >= 4 is 17.2 Å². The number of hydrogen-bond donors (Lipinski definition) is 3. The Morgan fingerprint density at radius 2 is 1.95 bits per heavy atom. The summed E-state index contributed by atoms with van der Waals surface area (Å²) in [6, 6.07) is 7.09. The molecule has 2 atom stereocenters. The number of aromatic hydroxyl groups is 1. The first kappa shape index (κ1) is 16.2. The molecule has 0 unspecified atom stereocenters. The second kappa shape index (κ2) is 5.93. The molecule has 0 amide bonds. The van der Waals surface area contributed by atoms with Gasteiger partial charge in [-0.15, -0.1) is 0 Å². The molecule has 4 heteroatoms. The average molecular weight is 307 g/mol. The molecule has 0 bridgehead atoms. The van der Waals surface area contributed by atoms with E-state index >= 15 is 0 Å². The molecule has 1 saturated carbocycles. The van der Waals surface area contributed by atoms with Crippen LogP contribution in [0.15, 0.2) is 24.3 Å². The van der Waals surface area contributed by atoms with E-state index < -0.39 is 0 Å². The molecule has 1 aliphatic carbocycles. The highest BCUT2D eigenvalue weighted by Gasteiger charge is 2.40. The van der Waals surface area contributed by atoms with Gasteiger partial charge in [0.1, 0.15) is 10.7 Å². The van der Waals surface area contributed by atoms with Crippen LogP contribution in [0.1, 0.15) is 45.6 Å². The zero-order chi connectivity index (χ0) is 15.7. The highest BCUT2D eigenvalue weighted by Crippen LogP contribution is 2.45. The summed E-state index contributed by atoms with van der Waals surface area (Å²) < 4.78 is 0. The molecule has 116 valence electrons. The molecule has 1 aliphatic rings. The Hall–Kier alpha value is -1.13. The summed E-state index contributed by atoms with van der Waals surface area (Å²) in [5, 5.41) is 23.2. The predicted octanol–water partition coefficient (Wildman–Crippen LogP) is 3.23. The van der Waals surface area contributed by atoms with Gasteiger partial charge in [0.2, 0.25) is 0 Å². The van der Waals surface area contributed by atoms with Gasteiger partial charge in [-0.3, -0.25) is 0 Å². The Morgan fingerprint density at radius 3 is 2.57 bits per heavy atom. The van der Waals surface area contributed by atoms with Crippen molar-refractivity contribution in [2.24, 2.45) is 10.8 Å². The van der Waals surface area contributed by atoms with Gasteiger partial charge in [0, 0.05) is 6.54 Å². The number of phenolic OH excluding ortho intramolecular Hbond substituents is 1. The van der Waals surface area contributed by atoms with Crippen LogP contribution in [0.2, 0.25) is 0 Å². The molecule has 0 saturated heterocycles. The maximum absolute atomic E-state index is 10.1. The lowest BCUT2D eigenvalue weighted by Gasteiger charge is -2.45. The number of nitrogens with one attached hydrogen (secondary N) is 1. The fourth-order valence-electron chi connectivity index (χ4n) is 3.77. The SMILES string of the molecule is CC1(C)C[C@@H](O)C[C@](C)(CNC(=S)c2ccccc2O)C1. The van der Waals surface area contributed by atoms with Crippen LogP contribution in [0.25, 0.3) is 0 Å². The minimum Gasteiger partial charge on any atom is -0.507 e. The van der Waals surface area contributed by atoms with Crippen molar-refractivity contribution in [3.8, 4) is 5.75 Å². The van der Waals surface area contributed by atoms with E-state index in [0.29, 0.717) is 17.1 Å². The van der Waals surface area contributed by atoms with Crippen molar-refractivity contribution in [1.82, 2.24) is 5.32 Å². The van der Waals surface area contributed by atoms with E-state index in [-0.39, 0.29) is 22.7 Å². The number of benzene rings is 1. The van der Waals surface area contributed by atoms with Gasteiger partial charge in [0.25, 0.3) is 0 Å². The molecule has 0 aromatic heterocycles. The number of aliphatic hydroxyl groups excluding tert-OH is 1. The van der Waals surface area contributed by atoms with Crippen LogP contribution in [0.3, 0.4) is 0 Å². The molecular formula is C17H25NO2S. The second-order valence-corrected chi connectivity index (χ2v) is 7.82. The van der Waals surface area contributed by atoms with Crippen LogP contribution >= 0.6 is 12.2 Å². The molecule has 0 radical (unpaired) electrons. The first-order chi connectivity index (χ1) is 9.71. The fraction of sp³-hybridized carbons (Fsp3) is 0.588. The fourth-order valence-corrected chi connectivity index (χ4v) is 4.01. The highest BCUT2D eigenvalue weighted by atomic mass is 32.1. The topological polar surface area (TPSA) is 52.5 Å². The Morgan fingerprint density at radius 1 is 1.29 bits per heavy atom. The third-order valence-corrected chi connectivity index (χ3v) is 4.61. The van der Waals surface area contributed by atoms with Crippen LogP contribution in [-0.2, 0) is 0 Å². The average Bonchev–Trinajstić information content (AvgIpc) is 2.33. The molecule has 21 heavy (non-hydrogen) atoms. The van der Waals surface area contributed by atoms with Crippen molar-refractivity contribution in [3.63, 3.8) is 0 Å². The van der Waals surface area contributed by atoms with Crippen molar-refractivity contribution in [2.75, 3.05) is 6.54 Å². The maximum Gasteiger partial charge on any atom is 0.125 e. The van der Waals surface area contributed by atoms with Crippen molar-refractivity contribution in [2.45, 2.75) is 46.1 Å². The standard InChI is InChI=1S/C17H25NO2S/c1-16(2)8-12(19)9-17(3,10-16)11-18-15(21)13-6-4-5-7-14(13)20/h4-7,12,19-20H,8-11H2,1-3H3,(H,18,21)/t12-,17+/m1/s1. The predicted molar refractivity (Wildman–Crippen MR) is 89.6 cm³/mol. The molecule has 2 rings (SSSR count). The molecule has 1 fully saturated rings.